The van der Waals surface area contributed by atoms with Crippen molar-refractivity contribution in [2.24, 2.45) is 0 Å². The summed E-state index contributed by atoms with van der Waals surface area (Å²) in [6.45, 7) is 1.52. The maximum atomic E-state index is 13.1. The molecule has 11 heteroatoms. The Hall–Kier alpha value is -2.53. The average molecular weight is 479 g/mol. The van der Waals surface area contributed by atoms with Gasteiger partial charge in [-0.1, -0.05) is 17.7 Å². The van der Waals surface area contributed by atoms with Gasteiger partial charge in [0.15, 0.2) is 0 Å². The highest BCUT2D eigenvalue weighted by Crippen LogP contribution is 2.33. The number of carbonyl (C=O) groups is 2. The number of piperazine rings is 1. The minimum atomic E-state index is -3.84. The summed E-state index contributed by atoms with van der Waals surface area (Å²) in [5.41, 5.74) is 0.526. The summed E-state index contributed by atoms with van der Waals surface area (Å²) in [5.74, 6) is -0.785. The summed E-state index contributed by atoms with van der Waals surface area (Å²) >= 11 is 7.11. The third kappa shape index (κ3) is 4.42. The molecule has 2 aromatic heterocycles. The molecule has 1 saturated heterocycles. The number of sulfonamides is 1. The highest BCUT2D eigenvalue weighted by atomic mass is 35.5. The van der Waals surface area contributed by atoms with Crippen LogP contribution < -0.4 is 5.32 Å². The molecule has 8 nitrogen and oxygen atoms in total. The van der Waals surface area contributed by atoms with Gasteiger partial charge in [0.1, 0.15) is 10.3 Å². The Bertz CT molecular complexity index is 1250. The molecular weight excluding hydrogens is 460 g/mol. The number of fused-ring (bicyclic) bond motifs is 1. The molecule has 1 aromatic carbocycles. The van der Waals surface area contributed by atoms with Crippen molar-refractivity contribution in [2.75, 3.05) is 25.0 Å². The number of halogens is 1. The molecule has 162 valence electrons. The molecule has 31 heavy (non-hydrogen) atoms. The smallest absolute Gasteiger partial charge is 0.253 e. The molecule has 1 N–H and O–H groups in total. The zero-order valence-electron chi connectivity index (χ0n) is 16.5. The van der Waals surface area contributed by atoms with Crippen molar-refractivity contribution in [3.8, 4) is 0 Å². The fraction of sp³-hybridized carbons (Fsp3) is 0.250. The summed E-state index contributed by atoms with van der Waals surface area (Å²) in [6, 6.07) is 9.41. The van der Waals surface area contributed by atoms with Gasteiger partial charge in [-0.25, -0.2) is 8.42 Å². The topological polar surface area (TPSA) is 99.7 Å². The standard InChI is InChI=1S/C20H19ClN4O4S2/c1-13(20(27)23-16-3-2-6-22-11-16)25-8-7-24(12-18(25)26)31(28,29)19-9-14-4-5-15(21)10-17(14)30-19/h2-6,9-11,13H,7-8,12H2,1H3,(H,23,27). The number of rotatable bonds is 5. The van der Waals surface area contributed by atoms with E-state index in [1.807, 2.05) is 0 Å². The van der Waals surface area contributed by atoms with Crippen LogP contribution in [0.2, 0.25) is 5.02 Å². The molecule has 0 spiro atoms. The molecule has 1 aliphatic heterocycles. The molecule has 3 aromatic rings. The number of hydrogen-bond donors (Lipinski definition) is 1. The molecule has 4 rings (SSSR count). The second-order valence-electron chi connectivity index (χ2n) is 7.08. The Morgan fingerprint density at radius 1 is 1.26 bits per heavy atom. The monoisotopic (exact) mass is 478 g/mol. The lowest BCUT2D eigenvalue weighted by Gasteiger charge is -2.36. The number of benzene rings is 1. The van der Waals surface area contributed by atoms with Crippen LogP contribution in [0.5, 0.6) is 0 Å². The summed E-state index contributed by atoms with van der Waals surface area (Å²) in [6.07, 6.45) is 3.10. The highest BCUT2D eigenvalue weighted by Gasteiger charge is 2.37. The van der Waals surface area contributed by atoms with Crippen molar-refractivity contribution in [1.82, 2.24) is 14.2 Å². The molecule has 1 atom stereocenters. The Morgan fingerprint density at radius 3 is 2.77 bits per heavy atom. The lowest BCUT2D eigenvalue weighted by atomic mass is 10.2. The maximum absolute atomic E-state index is 13.1. The van der Waals surface area contributed by atoms with Crippen LogP contribution in [0.4, 0.5) is 5.69 Å². The van der Waals surface area contributed by atoms with E-state index < -0.39 is 22.0 Å². The fourth-order valence-electron chi connectivity index (χ4n) is 3.34. The van der Waals surface area contributed by atoms with Crippen LogP contribution in [0.3, 0.4) is 0 Å². The largest absolute Gasteiger partial charge is 0.328 e. The van der Waals surface area contributed by atoms with E-state index in [2.05, 4.69) is 10.3 Å². The van der Waals surface area contributed by atoms with Gasteiger partial charge in [-0.15, -0.1) is 11.3 Å². The van der Waals surface area contributed by atoms with Gasteiger partial charge in [0.25, 0.3) is 10.0 Å². The zero-order chi connectivity index (χ0) is 22.2. The van der Waals surface area contributed by atoms with Gasteiger partial charge in [-0.2, -0.15) is 4.31 Å². The maximum Gasteiger partial charge on any atom is 0.253 e. The summed E-state index contributed by atoms with van der Waals surface area (Å²) in [5, 5.41) is 4.01. The van der Waals surface area contributed by atoms with E-state index in [0.717, 1.165) is 25.7 Å². The summed E-state index contributed by atoms with van der Waals surface area (Å²) < 4.78 is 28.2. The Balaban J connectivity index is 1.46. The van der Waals surface area contributed by atoms with Crippen LogP contribution in [-0.4, -0.2) is 60.1 Å². The summed E-state index contributed by atoms with van der Waals surface area (Å²) in [4.78, 5) is 30.5. The van der Waals surface area contributed by atoms with E-state index in [4.69, 9.17) is 11.6 Å². The third-order valence-electron chi connectivity index (χ3n) is 5.05. The number of hydrogen-bond acceptors (Lipinski definition) is 6. The number of aromatic nitrogens is 1. The van der Waals surface area contributed by atoms with Crippen molar-refractivity contribution in [1.29, 1.82) is 0 Å². The van der Waals surface area contributed by atoms with Gasteiger partial charge in [0.2, 0.25) is 11.8 Å². The molecule has 0 aliphatic carbocycles. The number of carbonyl (C=O) groups excluding carboxylic acids is 2. The van der Waals surface area contributed by atoms with Crippen LogP contribution in [0.25, 0.3) is 10.1 Å². The van der Waals surface area contributed by atoms with Gasteiger partial charge >= 0.3 is 0 Å². The molecule has 3 heterocycles. The first-order chi connectivity index (χ1) is 14.8. The number of anilines is 1. The first-order valence-electron chi connectivity index (χ1n) is 9.45. The Morgan fingerprint density at radius 2 is 2.06 bits per heavy atom. The minimum absolute atomic E-state index is 0.105. The quantitative estimate of drug-likeness (QED) is 0.607. The van der Waals surface area contributed by atoms with Gasteiger partial charge in [-0.3, -0.25) is 14.6 Å². The van der Waals surface area contributed by atoms with Crippen molar-refractivity contribution in [3.63, 3.8) is 0 Å². The van der Waals surface area contributed by atoms with Crippen LogP contribution in [0.15, 0.2) is 53.0 Å². The van der Waals surface area contributed by atoms with E-state index in [1.165, 1.54) is 11.1 Å². The SMILES string of the molecule is CC(C(=O)Nc1cccnc1)N1CCN(S(=O)(=O)c2cc3ccc(Cl)cc3s2)CC1=O. The minimum Gasteiger partial charge on any atom is -0.328 e. The molecule has 0 saturated carbocycles. The van der Waals surface area contributed by atoms with Crippen LogP contribution in [0.1, 0.15) is 6.92 Å². The van der Waals surface area contributed by atoms with Crippen molar-refractivity contribution >= 4 is 60.5 Å². The van der Waals surface area contributed by atoms with Gasteiger partial charge < -0.3 is 10.2 Å². The van der Waals surface area contributed by atoms with Gasteiger partial charge in [-0.05, 0) is 42.6 Å². The van der Waals surface area contributed by atoms with Crippen LogP contribution in [-0.2, 0) is 19.6 Å². The molecule has 1 aliphatic rings. The number of amides is 2. The highest BCUT2D eigenvalue weighted by molar-refractivity contribution is 7.91. The summed E-state index contributed by atoms with van der Waals surface area (Å²) in [7, 11) is -3.84. The van der Waals surface area contributed by atoms with E-state index in [-0.39, 0.29) is 29.8 Å². The number of nitrogens with one attached hydrogen (secondary N) is 1. The van der Waals surface area contributed by atoms with Crippen LogP contribution in [0, 0.1) is 0 Å². The Labute approximate surface area is 188 Å². The molecule has 0 radical (unpaired) electrons. The second kappa shape index (κ2) is 8.54. The van der Waals surface area contributed by atoms with Crippen molar-refractivity contribution < 1.29 is 18.0 Å². The molecular formula is C20H19ClN4O4S2. The normalized spacial score (nSPS) is 16.5. The molecule has 1 fully saturated rings. The predicted molar refractivity (Wildman–Crippen MR) is 120 cm³/mol. The van der Waals surface area contributed by atoms with E-state index in [1.54, 1.807) is 49.5 Å². The number of nitrogens with zero attached hydrogens (tertiary/aromatic N) is 3. The third-order valence-corrected chi connectivity index (χ3v) is 8.68. The van der Waals surface area contributed by atoms with Crippen molar-refractivity contribution in [3.05, 3.63) is 53.8 Å². The van der Waals surface area contributed by atoms with Crippen LogP contribution >= 0.6 is 22.9 Å². The predicted octanol–water partition coefficient (Wildman–Crippen LogP) is 2.81. The number of pyridine rings is 1. The zero-order valence-corrected chi connectivity index (χ0v) is 18.9. The van der Waals surface area contributed by atoms with E-state index >= 15 is 0 Å². The lowest BCUT2D eigenvalue weighted by molar-refractivity contribution is -0.140. The second-order valence-corrected chi connectivity index (χ2v) is 10.8. The number of thiophene rings is 1. The van der Waals surface area contributed by atoms with E-state index in [9.17, 15) is 18.0 Å². The average Bonchev–Trinajstić information content (AvgIpc) is 3.18. The lowest BCUT2D eigenvalue weighted by Crippen LogP contribution is -2.57. The van der Waals surface area contributed by atoms with Gasteiger partial charge in [0.05, 0.1) is 18.4 Å². The fourth-order valence-corrected chi connectivity index (χ4v) is 6.55. The molecule has 2 amide bonds. The molecule has 1 unspecified atom stereocenters. The first kappa shape index (κ1) is 21.7. The van der Waals surface area contributed by atoms with E-state index in [0.29, 0.717) is 10.7 Å². The Kier molecular flexibility index (Phi) is 5.98. The molecule has 0 bridgehead atoms. The van der Waals surface area contributed by atoms with Crippen molar-refractivity contribution in [2.45, 2.75) is 17.2 Å². The van der Waals surface area contributed by atoms with Gasteiger partial charge in [0, 0.05) is 29.0 Å². The first-order valence-corrected chi connectivity index (χ1v) is 12.1.